The Hall–Kier alpha value is -2.54. The highest BCUT2D eigenvalue weighted by Crippen LogP contribution is 2.45. The topological polar surface area (TPSA) is 87.7 Å². The number of H-pyrrole nitrogens is 1. The molecule has 7 nitrogen and oxygen atoms in total. The van der Waals surface area contributed by atoms with Crippen LogP contribution < -0.4 is 9.47 Å². The summed E-state index contributed by atoms with van der Waals surface area (Å²) in [6.45, 7) is 2.50. The molecule has 1 aliphatic rings. The average Bonchev–Trinajstić information content (AvgIpc) is 3.37. The largest absolute Gasteiger partial charge is 0.493 e. The van der Waals surface area contributed by atoms with Crippen LogP contribution in [0.5, 0.6) is 11.5 Å². The number of aryl methyl sites for hydroxylation is 1. The van der Waals surface area contributed by atoms with Gasteiger partial charge in [0.15, 0.2) is 11.5 Å². The first-order chi connectivity index (χ1) is 13.6. The molecule has 1 aromatic carbocycles. The van der Waals surface area contributed by atoms with Gasteiger partial charge in [0, 0.05) is 12.2 Å². The molecule has 1 aliphatic carbocycles. The van der Waals surface area contributed by atoms with Gasteiger partial charge in [0.1, 0.15) is 0 Å². The molecule has 3 rings (SSSR count). The summed E-state index contributed by atoms with van der Waals surface area (Å²) in [7, 11) is 3.20. The summed E-state index contributed by atoms with van der Waals surface area (Å²) in [5.41, 5.74) is 2.08. The van der Waals surface area contributed by atoms with Gasteiger partial charge in [0.05, 0.1) is 44.8 Å². The SMILES string of the molecule is COc1ccc(C2(C(=O)N(CCO)Cc3nc[nH]c3C)CCCC2)cc1OC. The van der Waals surface area contributed by atoms with Gasteiger partial charge in [-0.05, 0) is 37.5 Å². The monoisotopic (exact) mass is 387 g/mol. The molecule has 1 amide bonds. The van der Waals surface area contributed by atoms with Gasteiger partial charge in [-0.1, -0.05) is 18.9 Å². The van der Waals surface area contributed by atoms with E-state index in [2.05, 4.69) is 9.97 Å². The van der Waals surface area contributed by atoms with Crippen LogP contribution in [0, 0.1) is 6.92 Å². The number of nitrogens with zero attached hydrogens (tertiary/aromatic N) is 2. The number of ether oxygens (including phenoxy) is 2. The lowest BCUT2D eigenvalue weighted by Gasteiger charge is -2.35. The van der Waals surface area contributed by atoms with E-state index < -0.39 is 5.41 Å². The van der Waals surface area contributed by atoms with Gasteiger partial charge in [-0.25, -0.2) is 4.98 Å². The van der Waals surface area contributed by atoms with Gasteiger partial charge >= 0.3 is 0 Å². The highest BCUT2D eigenvalue weighted by atomic mass is 16.5. The predicted octanol–water partition coefficient (Wildman–Crippen LogP) is 2.57. The molecule has 152 valence electrons. The lowest BCUT2D eigenvalue weighted by atomic mass is 9.77. The van der Waals surface area contributed by atoms with Crippen LogP contribution in [0.15, 0.2) is 24.5 Å². The standard InChI is InChI=1S/C21H29N3O4/c1-15-17(23-14-22-15)13-24(10-11-25)20(26)21(8-4-5-9-21)16-6-7-18(27-2)19(12-16)28-3/h6-7,12,14,25H,4-5,8-11,13H2,1-3H3,(H,22,23). The molecule has 1 heterocycles. The van der Waals surface area contributed by atoms with Gasteiger partial charge < -0.3 is 24.5 Å². The van der Waals surface area contributed by atoms with Gasteiger partial charge in [0.25, 0.3) is 0 Å². The van der Waals surface area contributed by atoms with Crippen molar-refractivity contribution >= 4 is 5.91 Å². The molecule has 0 spiro atoms. The molecule has 0 aliphatic heterocycles. The van der Waals surface area contributed by atoms with Crippen LogP contribution in [-0.4, -0.2) is 53.3 Å². The van der Waals surface area contributed by atoms with Crippen molar-refractivity contribution in [1.29, 1.82) is 0 Å². The number of aromatic nitrogens is 2. The zero-order valence-corrected chi connectivity index (χ0v) is 16.8. The Balaban J connectivity index is 1.97. The molecule has 1 fully saturated rings. The third kappa shape index (κ3) is 3.71. The van der Waals surface area contributed by atoms with Crippen molar-refractivity contribution in [2.75, 3.05) is 27.4 Å². The smallest absolute Gasteiger partial charge is 0.233 e. The second-order valence-electron chi connectivity index (χ2n) is 7.28. The van der Waals surface area contributed by atoms with E-state index in [1.54, 1.807) is 25.4 Å². The second-order valence-corrected chi connectivity index (χ2v) is 7.28. The molecular weight excluding hydrogens is 358 g/mol. The Morgan fingerprint density at radius 1 is 1.25 bits per heavy atom. The number of aliphatic hydroxyl groups excluding tert-OH is 1. The number of amides is 1. The highest BCUT2D eigenvalue weighted by Gasteiger charge is 2.45. The number of carbonyl (C=O) groups excluding carboxylic acids is 1. The van der Waals surface area contributed by atoms with Crippen LogP contribution in [0.2, 0.25) is 0 Å². The maximum atomic E-state index is 13.8. The molecule has 1 saturated carbocycles. The number of rotatable bonds is 8. The Kier molecular flexibility index (Phi) is 6.24. The number of imidazole rings is 1. The maximum Gasteiger partial charge on any atom is 0.233 e. The first-order valence-corrected chi connectivity index (χ1v) is 9.67. The first kappa shape index (κ1) is 20.2. The van der Waals surface area contributed by atoms with Gasteiger partial charge in [-0.3, -0.25) is 4.79 Å². The molecular formula is C21H29N3O4. The molecule has 1 aromatic heterocycles. The summed E-state index contributed by atoms with van der Waals surface area (Å²) in [5.74, 6) is 1.30. The van der Waals surface area contributed by atoms with Crippen molar-refractivity contribution in [1.82, 2.24) is 14.9 Å². The maximum absolute atomic E-state index is 13.8. The van der Waals surface area contributed by atoms with Crippen molar-refractivity contribution in [3.05, 3.63) is 41.5 Å². The zero-order valence-electron chi connectivity index (χ0n) is 16.8. The molecule has 2 N–H and O–H groups in total. The number of nitrogens with one attached hydrogen (secondary N) is 1. The number of hydrogen-bond donors (Lipinski definition) is 2. The lowest BCUT2D eigenvalue weighted by Crippen LogP contribution is -2.46. The summed E-state index contributed by atoms with van der Waals surface area (Å²) >= 11 is 0. The van der Waals surface area contributed by atoms with Crippen LogP contribution >= 0.6 is 0 Å². The van der Waals surface area contributed by atoms with Crippen LogP contribution in [0.25, 0.3) is 0 Å². The zero-order chi connectivity index (χ0) is 20.1. The first-order valence-electron chi connectivity index (χ1n) is 9.67. The van der Waals surface area contributed by atoms with E-state index in [1.807, 2.05) is 25.1 Å². The fourth-order valence-electron chi connectivity index (χ4n) is 4.14. The predicted molar refractivity (Wildman–Crippen MR) is 106 cm³/mol. The molecule has 0 atom stereocenters. The Morgan fingerprint density at radius 3 is 2.54 bits per heavy atom. The highest BCUT2D eigenvalue weighted by molar-refractivity contribution is 5.89. The molecule has 28 heavy (non-hydrogen) atoms. The van der Waals surface area contributed by atoms with Crippen LogP contribution in [0.3, 0.4) is 0 Å². The Morgan fingerprint density at radius 2 is 1.96 bits per heavy atom. The van der Waals surface area contributed by atoms with E-state index in [9.17, 15) is 9.90 Å². The van der Waals surface area contributed by atoms with E-state index in [4.69, 9.17) is 9.47 Å². The van der Waals surface area contributed by atoms with E-state index in [0.717, 1.165) is 42.6 Å². The summed E-state index contributed by atoms with van der Waals surface area (Å²) in [4.78, 5) is 22.9. The average molecular weight is 387 g/mol. The van der Waals surface area contributed by atoms with Crippen molar-refractivity contribution in [2.45, 2.75) is 44.6 Å². The van der Waals surface area contributed by atoms with Crippen LogP contribution in [0.4, 0.5) is 0 Å². The lowest BCUT2D eigenvalue weighted by molar-refractivity contribution is -0.138. The molecule has 0 radical (unpaired) electrons. The minimum atomic E-state index is -0.612. The third-order valence-electron chi connectivity index (χ3n) is 5.73. The number of aromatic amines is 1. The number of methoxy groups -OCH3 is 2. The van der Waals surface area contributed by atoms with Gasteiger partial charge in [-0.15, -0.1) is 0 Å². The number of carbonyl (C=O) groups is 1. The summed E-state index contributed by atoms with van der Waals surface area (Å²) < 4.78 is 10.8. The molecule has 0 saturated heterocycles. The van der Waals surface area contributed by atoms with Crippen LogP contribution in [0.1, 0.15) is 42.6 Å². The Bertz CT molecular complexity index is 812. The van der Waals surface area contributed by atoms with E-state index in [0.29, 0.717) is 18.0 Å². The van der Waals surface area contributed by atoms with Gasteiger partial charge in [-0.2, -0.15) is 0 Å². The second kappa shape index (κ2) is 8.65. The quantitative estimate of drug-likeness (QED) is 0.727. The third-order valence-corrected chi connectivity index (χ3v) is 5.73. The minimum Gasteiger partial charge on any atom is -0.493 e. The molecule has 7 heteroatoms. The van der Waals surface area contributed by atoms with Gasteiger partial charge in [0.2, 0.25) is 5.91 Å². The fraction of sp³-hybridized carbons (Fsp3) is 0.524. The summed E-state index contributed by atoms with van der Waals surface area (Å²) in [6, 6.07) is 5.73. The minimum absolute atomic E-state index is 0.0358. The van der Waals surface area contributed by atoms with E-state index in [1.165, 1.54) is 0 Å². The van der Waals surface area contributed by atoms with Crippen LogP contribution in [-0.2, 0) is 16.8 Å². The van der Waals surface area contributed by atoms with E-state index in [-0.39, 0.29) is 19.1 Å². The number of hydrogen-bond acceptors (Lipinski definition) is 5. The molecule has 2 aromatic rings. The van der Waals surface area contributed by atoms with Crippen molar-refractivity contribution in [2.24, 2.45) is 0 Å². The molecule has 0 bridgehead atoms. The summed E-state index contributed by atoms with van der Waals surface area (Å²) in [6.07, 6.45) is 5.18. The number of benzene rings is 1. The fourth-order valence-corrected chi connectivity index (χ4v) is 4.14. The van der Waals surface area contributed by atoms with Crippen molar-refractivity contribution in [3.63, 3.8) is 0 Å². The number of aliphatic hydroxyl groups is 1. The van der Waals surface area contributed by atoms with Crippen molar-refractivity contribution in [3.8, 4) is 11.5 Å². The Labute approximate surface area is 165 Å². The van der Waals surface area contributed by atoms with E-state index >= 15 is 0 Å². The van der Waals surface area contributed by atoms with Crippen molar-refractivity contribution < 1.29 is 19.4 Å². The summed E-state index contributed by atoms with van der Waals surface area (Å²) in [5, 5.41) is 9.57. The normalized spacial score (nSPS) is 15.4. The molecule has 0 unspecified atom stereocenters.